The highest BCUT2D eigenvalue weighted by Gasteiger charge is 2.53. The van der Waals surface area contributed by atoms with Gasteiger partial charge in [-0.1, -0.05) is 30.3 Å². The lowest BCUT2D eigenvalue weighted by Gasteiger charge is -2.44. The van der Waals surface area contributed by atoms with Gasteiger partial charge < -0.3 is 42.6 Å². The summed E-state index contributed by atoms with van der Waals surface area (Å²) in [5.74, 6) is -2.01. The Kier molecular flexibility index (Phi) is 13.6. The van der Waals surface area contributed by atoms with E-state index >= 15 is 0 Å². The molecule has 0 saturated carbocycles. The number of carbonyl (C=O) groups excluding carboxylic acids is 4. The van der Waals surface area contributed by atoms with E-state index in [1.807, 2.05) is 30.3 Å². The third-order valence-electron chi connectivity index (χ3n) is 6.62. The van der Waals surface area contributed by atoms with Crippen molar-refractivity contribution in [3.8, 4) is 11.5 Å². The largest absolute Gasteiger partial charge is 0.497 e. The summed E-state index contributed by atoms with van der Waals surface area (Å²) in [4.78, 5) is 48.1. The first-order valence-electron chi connectivity index (χ1n) is 14.3. The fourth-order valence-electron chi connectivity index (χ4n) is 4.70. The van der Waals surface area contributed by atoms with Gasteiger partial charge in [-0.2, -0.15) is 0 Å². The van der Waals surface area contributed by atoms with Gasteiger partial charge in [-0.25, -0.2) is 0 Å². The zero-order valence-electron chi connectivity index (χ0n) is 26.3. The molecule has 13 heteroatoms. The number of carbonyl (C=O) groups is 4. The van der Waals surface area contributed by atoms with Crippen molar-refractivity contribution in [1.82, 2.24) is 0 Å². The zero-order chi connectivity index (χ0) is 32.9. The maximum absolute atomic E-state index is 12.2. The van der Waals surface area contributed by atoms with Gasteiger partial charge >= 0.3 is 23.9 Å². The molecule has 5 atom stereocenters. The highest BCUT2D eigenvalue weighted by atomic mass is 16.7. The van der Waals surface area contributed by atoms with Gasteiger partial charge in [0.25, 0.3) is 0 Å². The molecule has 0 aromatic heterocycles. The molecule has 246 valence electrons. The summed E-state index contributed by atoms with van der Waals surface area (Å²) in [7, 11) is 3.07. The van der Waals surface area contributed by atoms with Crippen LogP contribution in [0.25, 0.3) is 0 Å². The first-order chi connectivity index (χ1) is 21.5. The van der Waals surface area contributed by atoms with E-state index in [2.05, 4.69) is 0 Å². The van der Waals surface area contributed by atoms with Crippen molar-refractivity contribution in [2.75, 3.05) is 34.2 Å². The minimum absolute atomic E-state index is 0.234. The van der Waals surface area contributed by atoms with E-state index in [-0.39, 0.29) is 13.4 Å². The summed E-state index contributed by atoms with van der Waals surface area (Å²) < 4.78 is 49.8. The molecule has 2 aromatic rings. The Morgan fingerprint density at radius 1 is 0.756 bits per heavy atom. The second-order valence-corrected chi connectivity index (χ2v) is 10.2. The summed E-state index contributed by atoms with van der Waals surface area (Å²) in [5.41, 5.74) is 2.81. The lowest BCUT2D eigenvalue weighted by atomic mass is 9.97. The number of esters is 4. The molecule has 1 saturated heterocycles. The first-order valence-corrected chi connectivity index (χ1v) is 14.3. The normalized spacial score (nSPS) is 20.9. The Hall–Kier alpha value is -4.20. The Morgan fingerprint density at radius 2 is 1.38 bits per heavy atom. The summed E-state index contributed by atoms with van der Waals surface area (Å²) in [5, 5.41) is 0. The fourth-order valence-corrected chi connectivity index (χ4v) is 4.70. The molecule has 1 heterocycles. The van der Waals surface area contributed by atoms with Crippen molar-refractivity contribution in [2.45, 2.75) is 71.2 Å². The lowest BCUT2D eigenvalue weighted by molar-refractivity contribution is -0.288. The number of rotatable bonds is 15. The number of hydrogen-bond acceptors (Lipinski definition) is 13. The molecule has 0 aliphatic carbocycles. The van der Waals surface area contributed by atoms with Gasteiger partial charge in [0.15, 0.2) is 12.2 Å². The molecule has 1 aliphatic heterocycles. The predicted molar refractivity (Wildman–Crippen MR) is 156 cm³/mol. The van der Waals surface area contributed by atoms with Gasteiger partial charge in [0.05, 0.1) is 13.7 Å². The number of hydrogen-bond donors (Lipinski definition) is 0. The second-order valence-electron chi connectivity index (χ2n) is 10.2. The van der Waals surface area contributed by atoms with Gasteiger partial charge in [0, 0.05) is 47.3 Å². The third kappa shape index (κ3) is 11.0. The molecule has 0 spiro atoms. The molecule has 2 aromatic carbocycles. The van der Waals surface area contributed by atoms with Crippen LogP contribution in [0.15, 0.2) is 42.5 Å². The second kappa shape index (κ2) is 17.3. The summed E-state index contributed by atoms with van der Waals surface area (Å²) in [6.45, 7) is 5.07. The van der Waals surface area contributed by atoms with Gasteiger partial charge in [-0.15, -0.1) is 0 Å². The van der Waals surface area contributed by atoms with Crippen LogP contribution in [0, 0.1) is 0 Å². The molecule has 0 bridgehead atoms. The Bertz CT molecular complexity index is 1290. The molecular weight excluding hydrogens is 592 g/mol. The summed E-state index contributed by atoms with van der Waals surface area (Å²) in [6, 6.07) is 13.2. The Balaban J connectivity index is 1.95. The molecular formula is C32H40O13. The third-order valence-corrected chi connectivity index (χ3v) is 6.62. The van der Waals surface area contributed by atoms with Gasteiger partial charge in [0.1, 0.15) is 31.0 Å². The van der Waals surface area contributed by atoms with Crippen LogP contribution in [0.4, 0.5) is 0 Å². The quantitative estimate of drug-likeness (QED) is 0.123. The van der Waals surface area contributed by atoms with E-state index in [1.54, 1.807) is 19.2 Å². The average molecular weight is 633 g/mol. The van der Waals surface area contributed by atoms with Gasteiger partial charge in [-0.05, 0) is 29.2 Å². The molecule has 1 aliphatic rings. The monoisotopic (exact) mass is 632 g/mol. The van der Waals surface area contributed by atoms with Crippen LogP contribution in [0.1, 0.15) is 44.4 Å². The fraction of sp³-hybridized carbons (Fsp3) is 0.500. The Labute approximate surface area is 261 Å². The highest BCUT2D eigenvalue weighted by molar-refractivity contribution is 5.68. The standard InChI is InChI=1S/C32H40O13/c1-19(33)40-17-28-29(41-20(2)34)30(42-21(3)35)31(43-22(4)36)32(45-28)44-27-16-26(38-6)12-11-25(27)15-24-9-7-23(8-10-24)13-14-39-18-37-5/h7-12,16,28-32H,13-15,17-18H2,1-6H3/t28-,29-,30+,31-,32?/m1/s1. The van der Waals surface area contributed by atoms with E-state index in [0.29, 0.717) is 24.5 Å². The minimum Gasteiger partial charge on any atom is -0.497 e. The van der Waals surface area contributed by atoms with Crippen molar-refractivity contribution in [3.63, 3.8) is 0 Å². The minimum atomic E-state index is -1.38. The van der Waals surface area contributed by atoms with E-state index in [9.17, 15) is 19.2 Å². The van der Waals surface area contributed by atoms with Crippen molar-refractivity contribution in [1.29, 1.82) is 0 Å². The van der Waals surface area contributed by atoms with Gasteiger partial charge in [0.2, 0.25) is 12.4 Å². The van der Waals surface area contributed by atoms with E-state index in [1.165, 1.54) is 14.0 Å². The number of methoxy groups -OCH3 is 2. The zero-order valence-corrected chi connectivity index (χ0v) is 26.3. The van der Waals surface area contributed by atoms with E-state index in [0.717, 1.165) is 43.9 Å². The molecule has 0 N–H and O–H groups in total. The van der Waals surface area contributed by atoms with Crippen LogP contribution >= 0.6 is 0 Å². The van der Waals surface area contributed by atoms with Crippen LogP contribution in [0.2, 0.25) is 0 Å². The maximum atomic E-state index is 12.2. The first kappa shape index (κ1) is 35.3. The number of benzene rings is 2. The predicted octanol–water partition coefficient (Wildman–Crippen LogP) is 2.91. The van der Waals surface area contributed by atoms with Crippen molar-refractivity contribution in [3.05, 3.63) is 59.2 Å². The summed E-state index contributed by atoms with van der Waals surface area (Å²) >= 11 is 0. The van der Waals surface area contributed by atoms with E-state index < -0.39 is 54.6 Å². The summed E-state index contributed by atoms with van der Waals surface area (Å²) in [6.07, 6.45) is -5.38. The molecule has 1 unspecified atom stereocenters. The van der Waals surface area contributed by atoms with Crippen molar-refractivity contribution >= 4 is 23.9 Å². The van der Waals surface area contributed by atoms with Gasteiger partial charge in [-0.3, -0.25) is 19.2 Å². The van der Waals surface area contributed by atoms with Crippen molar-refractivity contribution in [2.24, 2.45) is 0 Å². The average Bonchev–Trinajstić information content (AvgIpc) is 2.98. The van der Waals surface area contributed by atoms with E-state index in [4.69, 9.17) is 42.6 Å². The highest BCUT2D eigenvalue weighted by Crippen LogP contribution is 2.34. The van der Waals surface area contributed by atoms with Crippen LogP contribution in [-0.4, -0.2) is 88.8 Å². The van der Waals surface area contributed by atoms with Crippen LogP contribution in [-0.2, 0) is 65.2 Å². The Morgan fingerprint density at radius 3 is 1.98 bits per heavy atom. The SMILES string of the molecule is COCOCCc1ccc(Cc2ccc(OC)cc2OC2O[C@H](COC(C)=O)[C@@H](OC(C)=O)[C@H](OC(C)=O)[C@H]2OC(C)=O)cc1. The molecule has 0 amide bonds. The van der Waals surface area contributed by atoms with Crippen LogP contribution < -0.4 is 9.47 Å². The maximum Gasteiger partial charge on any atom is 0.303 e. The van der Waals surface area contributed by atoms with Crippen LogP contribution in [0.3, 0.4) is 0 Å². The topological polar surface area (TPSA) is 151 Å². The van der Waals surface area contributed by atoms with Crippen LogP contribution in [0.5, 0.6) is 11.5 Å². The van der Waals surface area contributed by atoms with Crippen molar-refractivity contribution < 1.29 is 61.8 Å². The smallest absolute Gasteiger partial charge is 0.303 e. The molecule has 3 rings (SSSR count). The number of ether oxygens (including phenoxy) is 9. The molecule has 45 heavy (non-hydrogen) atoms. The molecule has 13 nitrogen and oxygen atoms in total. The molecule has 1 fully saturated rings. The lowest BCUT2D eigenvalue weighted by Crippen LogP contribution is -2.63. The molecule has 0 radical (unpaired) electrons.